The number of aliphatic imine (C=N–C) groups is 1. The highest BCUT2D eigenvalue weighted by Gasteiger charge is 2.27. The maximum atomic E-state index is 12.2. The van der Waals surface area contributed by atoms with Crippen LogP contribution in [0, 0.1) is 0 Å². The summed E-state index contributed by atoms with van der Waals surface area (Å²) in [6.45, 7) is 4.34. The molecule has 0 aromatic heterocycles. The van der Waals surface area contributed by atoms with Crippen molar-refractivity contribution in [1.29, 1.82) is 0 Å². The second-order valence-electron chi connectivity index (χ2n) is 6.82. The Kier molecular flexibility index (Phi) is 9.86. The van der Waals surface area contributed by atoms with E-state index in [1.54, 1.807) is 24.3 Å². The van der Waals surface area contributed by atoms with Gasteiger partial charge in [0.15, 0.2) is 5.96 Å². The van der Waals surface area contributed by atoms with Crippen molar-refractivity contribution < 1.29 is 13.2 Å². The number of para-hydroxylation sites is 1. The van der Waals surface area contributed by atoms with Gasteiger partial charge in [-0.2, -0.15) is 0 Å². The molecule has 3 rings (SSSR count). The third-order valence-corrected chi connectivity index (χ3v) is 5.84. The van der Waals surface area contributed by atoms with Crippen molar-refractivity contribution in [2.45, 2.75) is 37.2 Å². The van der Waals surface area contributed by atoms with E-state index in [2.05, 4.69) is 20.3 Å². The summed E-state index contributed by atoms with van der Waals surface area (Å²) < 4.78 is 32.8. The van der Waals surface area contributed by atoms with E-state index in [1.807, 2.05) is 37.3 Å². The van der Waals surface area contributed by atoms with E-state index in [1.165, 1.54) is 0 Å². The highest BCUT2D eigenvalue weighted by molar-refractivity contribution is 14.0. The molecule has 30 heavy (non-hydrogen) atoms. The van der Waals surface area contributed by atoms with Gasteiger partial charge in [-0.15, -0.1) is 24.0 Å². The summed E-state index contributed by atoms with van der Waals surface area (Å²) in [7, 11) is -3.42. The largest absolute Gasteiger partial charge is 0.492 e. The van der Waals surface area contributed by atoms with Crippen LogP contribution in [-0.2, 0) is 16.6 Å². The molecule has 1 fully saturated rings. The molecule has 0 atom stereocenters. The van der Waals surface area contributed by atoms with Crippen molar-refractivity contribution in [2.24, 2.45) is 4.99 Å². The van der Waals surface area contributed by atoms with Gasteiger partial charge in [-0.25, -0.2) is 18.1 Å². The van der Waals surface area contributed by atoms with Crippen LogP contribution in [0.4, 0.5) is 0 Å². The molecule has 0 bridgehead atoms. The topological polar surface area (TPSA) is 91.8 Å². The third-order valence-electron chi connectivity index (χ3n) is 4.30. The first-order valence-corrected chi connectivity index (χ1v) is 11.4. The van der Waals surface area contributed by atoms with E-state index >= 15 is 0 Å². The Morgan fingerprint density at radius 3 is 2.40 bits per heavy atom. The van der Waals surface area contributed by atoms with Crippen molar-refractivity contribution in [3.63, 3.8) is 0 Å². The van der Waals surface area contributed by atoms with Gasteiger partial charge in [0, 0.05) is 12.6 Å². The van der Waals surface area contributed by atoms with Crippen LogP contribution >= 0.6 is 24.0 Å². The first-order valence-electron chi connectivity index (χ1n) is 9.88. The maximum Gasteiger partial charge on any atom is 0.240 e. The molecule has 1 aliphatic rings. The molecular weight excluding hydrogens is 515 g/mol. The number of ether oxygens (including phenoxy) is 1. The lowest BCUT2D eigenvalue weighted by atomic mass is 10.2. The molecule has 164 valence electrons. The van der Waals surface area contributed by atoms with Gasteiger partial charge in [0.05, 0.1) is 18.0 Å². The van der Waals surface area contributed by atoms with Gasteiger partial charge in [-0.3, -0.25) is 0 Å². The second kappa shape index (κ2) is 12.1. The lowest BCUT2D eigenvalue weighted by Crippen LogP contribution is -2.39. The van der Waals surface area contributed by atoms with Crippen molar-refractivity contribution >= 4 is 40.0 Å². The van der Waals surface area contributed by atoms with Crippen molar-refractivity contribution in [1.82, 2.24) is 15.4 Å². The van der Waals surface area contributed by atoms with Gasteiger partial charge in [0.25, 0.3) is 0 Å². The molecule has 2 aromatic rings. The minimum atomic E-state index is -3.42. The number of benzene rings is 2. The Morgan fingerprint density at radius 2 is 1.77 bits per heavy atom. The van der Waals surface area contributed by atoms with Crippen LogP contribution < -0.4 is 20.1 Å². The van der Waals surface area contributed by atoms with Crippen LogP contribution in [0.2, 0.25) is 0 Å². The highest BCUT2D eigenvalue weighted by atomic mass is 127. The van der Waals surface area contributed by atoms with Gasteiger partial charge < -0.3 is 15.4 Å². The van der Waals surface area contributed by atoms with E-state index in [4.69, 9.17) is 4.74 Å². The average Bonchev–Trinajstić information content (AvgIpc) is 3.53. The van der Waals surface area contributed by atoms with Crippen LogP contribution in [-0.4, -0.2) is 40.1 Å². The summed E-state index contributed by atoms with van der Waals surface area (Å²) in [4.78, 5) is 4.84. The molecule has 1 aliphatic carbocycles. The van der Waals surface area contributed by atoms with E-state index in [0.29, 0.717) is 30.6 Å². The quantitative estimate of drug-likeness (QED) is 0.185. The Bertz CT molecular complexity index is 902. The molecule has 0 saturated heterocycles. The van der Waals surface area contributed by atoms with Crippen LogP contribution in [0.3, 0.4) is 0 Å². The Labute approximate surface area is 195 Å². The first-order chi connectivity index (χ1) is 14.1. The number of nitrogens with one attached hydrogen (secondary N) is 3. The molecular formula is C21H29IN4O3S. The molecule has 2 aromatic carbocycles. The SMILES string of the molecule is CCNC(=NCc1ccc(S(=O)(=O)NC2CC2)cc1)NCCOc1ccccc1.I. The smallest absolute Gasteiger partial charge is 0.240 e. The van der Waals surface area contributed by atoms with Gasteiger partial charge in [-0.1, -0.05) is 30.3 Å². The summed E-state index contributed by atoms with van der Waals surface area (Å²) in [5, 5.41) is 6.43. The zero-order chi connectivity index (χ0) is 20.5. The van der Waals surface area contributed by atoms with Crippen LogP contribution in [0.25, 0.3) is 0 Å². The number of rotatable bonds is 10. The standard InChI is InChI=1S/C21H28N4O3S.HI/c1-2-22-21(23-14-15-28-19-6-4-3-5-7-19)24-16-17-8-12-20(13-9-17)29(26,27)25-18-10-11-18;/h3-9,12-13,18,25H,2,10-11,14-16H2,1H3,(H2,22,23,24);1H. The number of hydrogen-bond acceptors (Lipinski definition) is 4. The molecule has 1 saturated carbocycles. The Morgan fingerprint density at radius 1 is 1.07 bits per heavy atom. The van der Waals surface area contributed by atoms with Gasteiger partial charge in [0.2, 0.25) is 10.0 Å². The number of sulfonamides is 1. The summed E-state index contributed by atoms with van der Waals surface area (Å²) >= 11 is 0. The Hall–Kier alpha value is -1.85. The molecule has 7 nitrogen and oxygen atoms in total. The number of halogens is 1. The molecule has 0 aliphatic heterocycles. The van der Waals surface area contributed by atoms with Gasteiger partial charge in [-0.05, 0) is 49.6 Å². The summed E-state index contributed by atoms with van der Waals surface area (Å²) in [6.07, 6.45) is 1.84. The van der Waals surface area contributed by atoms with E-state index in [0.717, 1.165) is 30.7 Å². The van der Waals surface area contributed by atoms with Gasteiger partial charge in [0.1, 0.15) is 12.4 Å². The summed E-state index contributed by atoms with van der Waals surface area (Å²) in [5.74, 6) is 1.53. The minimum absolute atomic E-state index is 0. The molecule has 0 unspecified atom stereocenters. The highest BCUT2D eigenvalue weighted by Crippen LogP contribution is 2.22. The zero-order valence-electron chi connectivity index (χ0n) is 17.0. The van der Waals surface area contributed by atoms with E-state index < -0.39 is 10.0 Å². The molecule has 0 spiro atoms. The van der Waals surface area contributed by atoms with Gasteiger partial charge >= 0.3 is 0 Å². The fraction of sp³-hybridized carbons (Fsp3) is 0.381. The number of guanidine groups is 1. The van der Waals surface area contributed by atoms with Crippen LogP contribution in [0.1, 0.15) is 25.3 Å². The van der Waals surface area contributed by atoms with Crippen LogP contribution in [0.15, 0.2) is 64.5 Å². The lowest BCUT2D eigenvalue weighted by Gasteiger charge is -2.12. The molecule has 0 heterocycles. The summed E-state index contributed by atoms with van der Waals surface area (Å²) in [6, 6.07) is 16.6. The minimum Gasteiger partial charge on any atom is -0.492 e. The maximum absolute atomic E-state index is 12.2. The third kappa shape index (κ3) is 8.11. The first kappa shape index (κ1) is 24.4. The normalized spacial score (nSPS) is 14.0. The van der Waals surface area contributed by atoms with Crippen molar-refractivity contribution in [3.05, 3.63) is 60.2 Å². The predicted molar refractivity (Wildman–Crippen MR) is 130 cm³/mol. The second-order valence-corrected chi connectivity index (χ2v) is 8.54. The fourth-order valence-corrected chi connectivity index (χ4v) is 3.93. The summed E-state index contributed by atoms with van der Waals surface area (Å²) in [5.41, 5.74) is 0.938. The monoisotopic (exact) mass is 544 g/mol. The number of nitrogens with zero attached hydrogens (tertiary/aromatic N) is 1. The zero-order valence-corrected chi connectivity index (χ0v) is 20.2. The Balaban J connectivity index is 0.00000320. The molecule has 0 amide bonds. The van der Waals surface area contributed by atoms with E-state index in [9.17, 15) is 8.42 Å². The van der Waals surface area contributed by atoms with E-state index in [-0.39, 0.29) is 30.0 Å². The molecule has 3 N–H and O–H groups in total. The number of hydrogen-bond donors (Lipinski definition) is 3. The predicted octanol–water partition coefficient (Wildman–Crippen LogP) is 2.88. The average molecular weight is 544 g/mol. The molecule has 9 heteroatoms. The fourth-order valence-electron chi connectivity index (χ4n) is 2.63. The molecule has 0 radical (unpaired) electrons. The van der Waals surface area contributed by atoms with Crippen molar-refractivity contribution in [2.75, 3.05) is 19.7 Å². The van der Waals surface area contributed by atoms with Crippen molar-refractivity contribution in [3.8, 4) is 5.75 Å². The lowest BCUT2D eigenvalue weighted by molar-refractivity contribution is 0.322. The van der Waals surface area contributed by atoms with Crippen LogP contribution in [0.5, 0.6) is 5.75 Å².